The summed E-state index contributed by atoms with van der Waals surface area (Å²) in [7, 11) is 0. The number of nitrogens with zero attached hydrogens (tertiary/aromatic N) is 1. The smallest absolute Gasteiger partial charge is 0.0247 e. The zero-order valence-electron chi connectivity index (χ0n) is 21.6. The van der Waals surface area contributed by atoms with Crippen LogP contribution in [0.25, 0.3) is 0 Å². The number of fused-ring (bicyclic) bond motifs is 5. The molecule has 4 saturated carbocycles. The molecule has 1 aliphatic heterocycles. The molecule has 1 heteroatoms. The summed E-state index contributed by atoms with van der Waals surface area (Å²) in [6.45, 7) is 14.8. The summed E-state index contributed by atoms with van der Waals surface area (Å²) >= 11 is 0. The Balaban J connectivity index is 1.14. The van der Waals surface area contributed by atoms with Gasteiger partial charge in [-0.05, 0) is 116 Å². The number of hydrogen-bond donors (Lipinski definition) is 0. The number of hydrogen-bond acceptors (Lipinski definition) is 1. The first-order chi connectivity index (χ1) is 15.8. The fourth-order valence-corrected chi connectivity index (χ4v) is 10.0. The van der Waals surface area contributed by atoms with Crippen LogP contribution in [0.3, 0.4) is 0 Å². The maximum Gasteiger partial charge on any atom is 0.0247 e. The van der Waals surface area contributed by atoms with Crippen LogP contribution in [0.1, 0.15) is 96.5 Å². The normalized spacial score (nSPS) is 44.3. The molecule has 0 aromatic heterocycles. The minimum Gasteiger partial charge on any atom is -0.374 e. The minimum absolute atomic E-state index is 0.576. The van der Waals surface area contributed by atoms with Crippen LogP contribution in [0.2, 0.25) is 0 Å². The zero-order chi connectivity index (χ0) is 22.8. The van der Waals surface area contributed by atoms with E-state index >= 15 is 0 Å². The van der Waals surface area contributed by atoms with Gasteiger partial charge in [-0.1, -0.05) is 57.7 Å². The van der Waals surface area contributed by atoms with Gasteiger partial charge in [0.15, 0.2) is 0 Å². The van der Waals surface area contributed by atoms with E-state index in [2.05, 4.69) is 62.6 Å². The maximum atomic E-state index is 4.53. The third-order valence-electron chi connectivity index (χ3n) is 11.8. The summed E-state index contributed by atoms with van der Waals surface area (Å²) in [5, 5.41) is 0. The van der Waals surface area contributed by atoms with Crippen LogP contribution in [0, 0.1) is 46.3 Å². The Kier molecular flexibility index (Phi) is 5.50. The lowest BCUT2D eigenvalue weighted by Crippen LogP contribution is -2.50. The largest absolute Gasteiger partial charge is 0.374 e. The topological polar surface area (TPSA) is 3.24 Å². The van der Waals surface area contributed by atoms with Crippen LogP contribution in [0.4, 0.5) is 0 Å². The van der Waals surface area contributed by atoms with Crippen LogP contribution in [-0.2, 0) is 0 Å². The molecule has 8 atom stereocenters. The second-order valence-electron chi connectivity index (χ2n) is 13.9. The SMILES string of the molecule is C=C1C[C@@H](c2ccccc2)CN1CC1CC[C@H]2C3CCC4CC(C)(C)CCC4C3CCC12C. The third kappa shape index (κ3) is 3.81. The molecule has 1 aromatic rings. The van der Waals surface area contributed by atoms with Crippen molar-refractivity contribution in [3.05, 3.63) is 48.2 Å². The first kappa shape index (κ1) is 22.2. The van der Waals surface area contributed by atoms with Crippen LogP contribution in [-0.4, -0.2) is 18.0 Å². The molecule has 0 N–H and O–H groups in total. The third-order valence-corrected chi connectivity index (χ3v) is 11.8. The van der Waals surface area contributed by atoms with Crippen molar-refractivity contribution in [3.63, 3.8) is 0 Å². The predicted octanol–water partition coefficient (Wildman–Crippen LogP) is 8.28. The quantitative estimate of drug-likeness (QED) is 0.452. The summed E-state index contributed by atoms with van der Waals surface area (Å²) in [6, 6.07) is 11.2. The van der Waals surface area contributed by atoms with E-state index in [9.17, 15) is 0 Å². The summed E-state index contributed by atoms with van der Waals surface area (Å²) in [6.07, 6.45) is 14.7. The van der Waals surface area contributed by atoms with E-state index in [1.807, 2.05) is 0 Å². The highest BCUT2D eigenvalue weighted by Crippen LogP contribution is 2.65. The van der Waals surface area contributed by atoms with E-state index < -0.39 is 0 Å². The van der Waals surface area contributed by atoms with Gasteiger partial charge in [0.25, 0.3) is 0 Å². The first-order valence-corrected chi connectivity index (χ1v) is 14.3. The molecule has 0 radical (unpaired) electrons. The van der Waals surface area contributed by atoms with Gasteiger partial charge >= 0.3 is 0 Å². The van der Waals surface area contributed by atoms with Crippen molar-refractivity contribution >= 4 is 0 Å². The van der Waals surface area contributed by atoms with Gasteiger partial charge < -0.3 is 4.90 Å². The molecule has 5 fully saturated rings. The van der Waals surface area contributed by atoms with Gasteiger partial charge in [-0.25, -0.2) is 0 Å². The highest BCUT2D eigenvalue weighted by atomic mass is 15.2. The molecule has 1 aromatic carbocycles. The lowest BCUT2D eigenvalue weighted by molar-refractivity contribution is -0.0773. The van der Waals surface area contributed by atoms with Crippen molar-refractivity contribution in [2.24, 2.45) is 46.3 Å². The van der Waals surface area contributed by atoms with E-state index in [4.69, 9.17) is 0 Å². The maximum absolute atomic E-state index is 4.53. The van der Waals surface area contributed by atoms with Crippen molar-refractivity contribution in [2.75, 3.05) is 13.1 Å². The lowest BCUT2D eigenvalue weighted by Gasteiger charge is -2.57. The van der Waals surface area contributed by atoms with E-state index in [1.54, 1.807) is 6.42 Å². The lowest BCUT2D eigenvalue weighted by atomic mass is 9.48. The first-order valence-electron chi connectivity index (χ1n) is 14.3. The summed E-state index contributed by atoms with van der Waals surface area (Å²) < 4.78 is 0. The highest BCUT2D eigenvalue weighted by Gasteiger charge is 2.57. The van der Waals surface area contributed by atoms with Gasteiger partial charge in [-0.3, -0.25) is 0 Å². The van der Waals surface area contributed by atoms with E-state index in [0.717, 1.165) is 41.9 Å². The monoisotopic (exact) mass is 445 g/mol. The molecule has 0 amide bonds. The zero-order valence-corrected chi connectivity index (χ0v) is 21.6. The van der Waals surface area contributed by atoms with Gasteiger partial charge in [-0.15, -0.1) is 0 Å². The Morgan fingerprint density at radius 1 is 0.879 bits per heavy atom. The standard InChI is InChI=1S/C32H47N/c1-22-18-25(23-8-6-5-7-9-23)20-33(22)21-26-11-13-30-29-12-10-24-19-31(2,3)16-14-27(24)28(29)15-17-32(26,30)4/h5-9,24-30H,1,10-21H2,2-4H3/t24?,25-,26?,27?,28?,29?,30+,32?/m1/s1. The van der Waals surface area contributed by atoms with E-state index in [1.165, 1.54) is 75.7 Å². The molecule has 6 rings (SSSR count). The molecule has 180 valence electrons. The molecule has 1 saturated heterocycles. The average Bonchev–Trinajstić information content (AvgIpc) is 3.33. The Labute approximate surface area is 203 Å². The van der Waals surface area contributed by atoms with Crippen LogP contribution in [0.5, 0.6) is 0 Å². The Morgan fingerprint density at radius 3 is 2.48 bits per heavy atom. The van der Waals surface area contributed by atoms with Crippen molar-refractivity contribution < 1.29 is 0 Å². The van der Waals surface area contributed by atoms with Gasteiger partial charge in [-0.2, -0.15) is 0 Å². The number of rotatable bonds is 3. The van der Waals surface area contributed by atoms with Crippen LogP contribution < -0.4 is 0 Å². The second-order valence-corrected chi connectivity index (χ2v) is 13.9. The molecule has 1 heterocycles. The number of benzene rings is 1. The summed E-state index contributed by atoms with van der Waals surface area (Å²) in [5.41, 5.74) is 4.08. The summed E-state index contributed by atoms with van der Waals surface area (Å²) in [5.74, 6) is 6.71. The Bertz CT molecular complexity index is 870. The van der Waals surface area contributed by atoms with Crippen LogP contribution >= 0.6 is 0 Å². The van der Waals surface area contributed by atoms with Crippen molar-refractivity contribution in [1.82, 2.24) is 4.90 Å². The summed E-state index contributed by atoms with van der Waals surface area (Å²) in [4.78, 5) is 2.70. The van der Waals surface area contributed by atoms with Gasteiger partial charge in [0.1, 0.15) is 0 Å². The Morgan fingerprint density at radius 2 is 1.67 bits per heavy atom. The molecule has 0 spiro atoms. The van der Waals surface area contributed by atoms with E-state index in [-0.39, 0.29) is 0 Å². The van der Waals surface area contributed by atoms with Gasteiger partial charge in [0, 0.05) is 24.7 Å². The fourth-order valence-electron chi connectivity index (χ4n) is 10.0. The van der Waals surface area contributed by atoms with E-state index in [0.29, 0.717) is 16.7 Å². The molecule has 5 aliphatic rings. The molecular formula is C32H47N. The number of allylic oxidation sites excluding steroid dienone is 1. The van der Waals surface area contributed by atoms with Crippen molar-refractivity contribution in [1.29, 1.82) is 0 Å². The van der Waals surface area contributed by atoms with Gasteiger partial charge in [0.2, 0.25) is 0 Å². The van der Waals surface area contributed by atoms with Gasteiger partial charge in [0.05, 0.1) is 0 Å². The fraction of sp³-hybridized carbons (Fsp3) is 0.750. The molecule has 33 heavy (non-hydrogen) atoms. The molecular weight excluding hydrogens is 398 g/mol. The second kappa shape index (κ2) is 8.17. The number of likely N-dealkylation sites (tertiary alicyclic amines) is 1. The predicted molar refractivity (Wildman–Crippen MR) is 139 cm³/mol. The molecule has 4 aliphatic carbocycles. The Hall–Kier alpha value is -1.24. The van der Waals surface area contributed by atoms with Crippen molar-refractivity contribution in [3.8, 4) is 0 Å². The molecule has 6 unspecified atom stereocenters. The highest BCUT2D eigenvalue weighted by molar-refractivity contribution is 5.25. The molecule has 1 nitrogen and oxygen atoms in total. The van der Waals surface area contributed by atoms with Crippen LogP contribution in [0.15, 0.2) is 42.6 Å². The van der Waals surface area contributed by atoms with Crippen molar-refractivity contribution in [2.45, 2.75) is 90.9 Å². The average molecular weight is 446 g/mol. The molecule has 0 bridgehead atoms. The minimum atomic E-state index is 0.576.